The second-order valence-electron chi connectivity index (χ2n) is 3.44. The fourth-order valence-electron chi connectivity index (χ4n) is 1.70. The Labute approximate surface area is 82.2 Å². The van der Waals surface area contributed by atoms with Crippen LogP contribution in [0.4, 0.5) is 11.4 Å². The van der Waals surface area contributed by atoms with Crippen molar-refractivity contribution in [2.24, 2.45) is 0 Å². The van der Waals surface area contributed by atoms with Crippen LogP contribution in [0.2, 0.25) is 0 Å². The normalized spacial score (nSPS) is 20.3. The number of carbonyl (C=O) groups is 1. The Morgan fingerprint density at radius 1 is 1.50 bits per heavy atom. The van der Waals surface area contributed by atoms with Crippen LogP contribution in [0.5, 0.6) is 5.75 Å². The first-order valence-corrected chi connectivity index (χ1v) is 4.47. The molecule has 0 aromatic heterocycles. The average Bonchev–Trinajstić information content (AvgIpc) is 2.14. The lowest BCUT2D eigenvalue weighted by Crippen LogP contribution is -2.43. The minimum atomic E-state index is -0.241. The van der Waals surface area contributed by atoms with Gasteiger partial charge in [-0.2, -0.15) is 0 Å². The van der Waals surface area contributed by atoms with Crippen LogP contribution in [0, 0.1) is 0 Å². The largest absolute Gasteiger partial charge is 0.506 e. The highest BCUT2D eigenvalue weighted by Gasteiger charge is 2.28. The van der Waals surface area contributed by atoms with Crippen molar-refractivity contribution in [2.45, 2.75) is 13.0 Å². The molecule has 4 heteroatoms. The molecule has 0 aliphatic carbocycles. The number of rotatable bonds is 0. The van der Waals surface area contributed by atoms with E-state index in [-0.39, 0.29) is 17.7 Å². The molecule has 2 rings (SSSR count). The van der Waals surface area contributed by atoms with Gasteiger partial charge in [0, 0.05) is 7.05 Å². The van der Waals surface area contributed by atoms with Crippen LogP contribution in [0.1, 0.15) is 6.92 Å². The van der Waals surface area contributed by atoms with E-state index in [1.807, 2.05) is 6.07 Å². The number of hydrogen-bond acceptors (Lipinski definition) is 3. The zero-order valence-electron chi connectivity index (χ0n) is 8.11. The first-order valence-electron chi connectivity index (χ1n) is 4.47. The summed E-state index contributed by atoms with van der Waals surface area (Å²) in [5.74, 6) is 0.0803. The Balaban J connectivity index is 2.56. The van der Waals surface area contributed by atoms with Crippen LogP contribution in [0.3, 0.4) is 0 Å². The zero-order chi connectivity index (χ0) is 10.3. The highest BCUT2D eigenvalue weighted by atomic mass is 16.3. The van der Waals surface area contributed by atoms with Crippen molar-refractivity contribution < 1.29 is 9.90 Å². The maximum Gasteiger partial charge on any atom is 0.249 e. The first kappa shape index (κ1) is 8.87. The minimum Gasteiger partial charge on any atom is -0.506 e. The van der Waals surface area contributed by atoms with Gasteiger partial charge >= 0.3 is 0 Å². The Bertz CT molecular complexity index is 390. The fraction of sp³-hybridized carbons (Fsp3) is 0.300. The molecule has 0 spiro atoms. The third kappa shape index (κ3) is 1.11. The second kappa shape index (κ2) is 2.90. The number of amides is 1. The lowest BCUT2D eigenvalue weighted by atomic mass is 10.1. The van der Waals surface area contributed by atoms with E-state index in [0.29, 0.717) is 5.69 Å². The number of anilines is 2. The number of nitrogens with one attached hydrogen (secondary N) is 1. The van der Waals surface area contributed by atoms with Crippen molar-refractivity contribution in [3.63, 3.8) is 0 Å². The molecule has 2 N–H and O–H groups in total. The molecule has 1 atom stereocenters. The summed E-state index contributed by atoms with van der Waals surface area (Å²) in [6.07, 6.45) is 0. The van der Waals surface area contributed by atoms with Gasteiger partial charge in [0.1, 0.15) is 17.5 Å². The third-order valence-corrected chi connectivity index (χ3v) is 2.42. The lowest BCUT2D eigenvalue weighted by Gasteiger charge is -2.31. The Hall–Kier alpha value is -1.71. The summed E-state index contributed by atoms with van der Waals surface area (Å²) in [5.41, 5.74) is 1.34. The predicted octanol–water partition coefficient (Wildman–Crippen LogP) is 1.17. The Morgan fingerprint density at radius 2 is 2.21 bits per heavy atom. The zero-order valence-corrected chi connectivity index (χ0v) is 8.11. The average molecular weight is 192 g/mol. The molecule has 0 bridgehead atoms. The number of fused-ring (bicyclic) bond motifs is 1. The Kier molecular flexibility index (Phi) is 1.84. The molecule has 0 saturated carbocycles. The number of hydrogen-bond donors (Lipinski definition) is 2. The van der Waals surface area contributed by atoms with Gasteiger partial charge in [0.25, 0.3) is 0 Å². The fourth-order valence-corrected chi connectivity index (χ4v) is 1.70. The summed E-state index contributed by atoms with van der Waals surface area (Å²) in [5, 5.41) is 12.6. The molecule has 1 aliphatic heterocycles. The van der Waals surface area contributed by atoms with Crippen molar-refractivity contribution in [2.75, 3.05) is 17.3 Å². The highest BCUT2D eigenvalue weighted by Crippen LogP contribution is 2.37. The molecule has 0 fully saturated rings. The number of likely N-dealkylation sites (N-methyl/N-ethyl adjacent to an activating group) is 1. The Morgan fingerprint density at radius 3 is 2.93 bits per heavy atom. The molecule has 1 aromatic carbocycles. The molecule has 0 saturated heterocycles. The molecule has 1 heterocycles. The summed E-state index contributed by atoms with van der Waals surface area (Å²) in [6.45, 7) is 1.80. The highest BCUT2D eigenvalue weighted by molar-refractivity contribution is 6.05. The van der Waals surface area contributed by atoms with Crippen molar-refractivity contribution in [1.82, 2.24) is 0 Å². The van der Waals surface area contributed by atoms with E-state index in [1.54, 1.807) is 26.1 Å². The van der Waals surface area contributed by atoms with Crippen LogP contribution in [-0.4, -0.2) is 24.1 Å². The summed E-state index contributed by atoms with van der Waals surface area (Å²) < 4.78 is 0. The quantitative estimate of drug-likeness (QED) is 0.648. The van der Waals surface area contributed by atoms with E-state index in [9.17, 15) is 9.90 Å². The number of benzene rings is 1. The molecule has 1 aliphatic rings. The van der Waals surface area contributed by atoms with Gasteiger partial charge in [-0.25, -0.2) is 0 Å². The molecule has 0 radical (unpaired) electrons. The number of nitrogens with zero attached hydrogens (tertiary/aromatic N) is 1. The molecule has 74 valence electrons. The van der Waals surface area contributed by atoms with Crippen molar-refractivity contribution in [3.05, 3.63) is 18.2 Å². The molecular formula is C10H12N2O2. The maximum atomic E-state index is 11.6. The summed E-state index contributed by atoms with van der Waals surface area (Å²) in [6, 6.07) is 4.92. The predicted molar refractivity (Wildman–Crippen MR) is 54.6 cm³/mol. The van der Waals surface area contributed by atoms with Crippen molar-refractivity contribution >= 4 is 17.3 Å². The third-order valence-electron chi connectivity index (χ3n) is 2.42. The van der Waals surface area contributed by atoms with E-state index < -0.39 is 0 Å². The SMILES string of the molecule is CC1Nc2cccc(O)c2N(C)C1=O. The molecule has 1 aromatic rings. The van der Waals surface area contributed by atoms with Gasteiger partial charge in [0.05, 0.1) is 5.69 Å². The molecular weight excluding hydrogens is 180 g/mol. The van der Waals surface area contributed by atoms with Gasteiger partial charge in [0.15, 0.2) is 0 Å². The van der Waals surface area contributed by atoms with Gasteiger partial charge in [-0.3, -0.25) is 4.79 Å². The van der Waals surface area contributed by atoms with Crippen molar-refractivity contribution in [1.29, 1.82) is 0 Å². The van der Waals surface area contributed by atoms with Crippen molar-refractivity contribution in [3.8, 4) is 5.75 Å². The number of phenols is 1. The van der Waals surface area contributed by atoms with Crippen LogP contribution >= 0.6 is 0 Å². The summed E-state index contributed by atoms with van der Waals surface area (Å²) >= 11 is 0. The van der Waals surface area contributed by atoms with Crippen LogP contribution in [0.25, 0.3) is 0 Å². The molecule has 4 nitrogen and oxygen atoms in total. The van der Waals surface area contributed by atoms with Gasteiger partial charge < -0.3 is 15.3 Å². The first-order chi connectivity index (χ1) is 6.61. The smallest absolute Gasteiger partial charge is 0.249 e. The molecule has 1 unspecified atom stereocenters. The van der Waals surface area contributed by atoms with Gasteiger partial charge in [-0.15, -0.1) is 0 Å². The van der Waals surface area contributed by atoms with Gasteiger partial charge in [-0.05, 0) is 19.1 Å². The van der Waals surface area contributed by atoms with E-state index in [2.05, 4.69) is 5.32 Å². The second-order valence-corrected chi connectivity index (χ2v) is 3.44. The van der Waals surface area contributed by atoms with Crippen LogP contribution < -0.4 is 10.2 Å². The summed E-state index contributed by atoms with van der Waals surface area (Å²) in [7, 11) is 1.66. The standard InChI is InChI=1S/C10H12N2O2/c1-6-10(14)12(2)9-7(11-6)4-3-5-8(9)13/h3-6,11,13H,1-2H3. The van der Waals surface area contributed by atoms with Crippen LogP contribution in [-0.2, 0) is 4.79 Å². The molecule has 14 heavy (non-hydrogen) atoms. The van der Waals surface area contributed by atoms with Crippen LogP contribution in [0.15, 0.2) is 18.2 Å². The minimum absolute atomic E-state index is 0.0426. The number of phenolic OH excluding ortho intramolecular Hbond substituents is 1. The number of para-hydroxylation sites is 1. The van der Waals surface area contributed by atoms with Gasteiger partial charge in [-0.1, -0.05) is 6.07 Å². The van der Waals surface area contributed by atoms with E-state index in [4.69, 9.17) is 0 Å². The van der Waals surface area contributed by atoms with Gasteiger partial charge in [0.2, 0.25) is 5.91 Å². The lowest BCUT2D eigenvalue weighted by molar-refractivity contribution is -0.118. The monoisotopic (exact) mass is 192 g/mol. The maximum absolute atomic E-state index is 11.6. The van der Waals surface area contributed by atoms with E-state index in [0.717, 1.165) is 5.69 Å². The number of aromatic hydroxyl groups is 1. The van der Waals surface area contributed by atoms with E-state index >= 15 is 0 Å². The summed E-state index contributed by atoms with van der Waals surface area (Å²) in [4.78, 5) is 13.1. The topological polar surface area (TPSA) is 52.6 Å². The number of carbonyl (C=O) groups excluding carboxylic acids is 1. The van der Waals surface area contributed by atoms with E-state index in [1.165, 1.54) is 4.90 Å². The molecule has 1 amide bonds.